The van der Waals surface area contributed by atoms with Crippen molar-refractivity contribution in [3.8, 4) is 0 Å². The summed E-state index contributed by atoms with van der Waals surface area (Å²) in [5.74, 6) is 0.313. The lowest BCUT2D eigenvalue weighted by Crippen LogP contribution is -2.12. The largest absolute Gasteiger partial charge is 0.385 e. The van der Waals surface area contributed by atoms with Crippen molar-refractivity contribution in [2.45, 2.75) is 32.9 Å². The smallest absolute Gasteiger partial charge is 0.257 e. The van der Waals surface area contributed by atoms with Crippen LogP contribution < -0.4 is 5.32 Å². The third-order valence-electron chi connectivity index (χ3n) is 4.78. The van der Waals surface area contributed by atoms with E-state index in [-0.39, 0.29) is 11.9 Å². The van der Waals surface area contributed by atoms with Crippen molar-refractivity contribution in [1.82, 2.24) is 24.1 Å². The molecule has 0 saturated heterocycles. The number of aliphatic hydroxyl groups is 1. The highest BCUT2D eigenvalue weighted by Gasteiger charge is 2.15. The topological polar surface area (TPSA) is 97.9 Å². The van der Waals surface area contributed by atoms with Crippen molar-refractivity contribution in [3.05, 3.63) is 48.2 Å². The van der Waals surface area contributed by atoms with E-state index in [0.29, 0.717) is 28.1 Å². The van der Waals surface area contributed by atoms with Gasteiger partial charge in [-0.25, -0.2) is 15.0 Å². The van der Waals surface area contributed by atoms with E-state index in [1.54, 1.807) is 31.6 Å². The van der Waals surface area contributed by atoms with Crippen LogP contribution in [0.2, 0.25) is 0 Å². The average molecular weight is 378 g/mol. The van der Waals surface area contributed by atoms with E-state index in [9.17, 15) is 9.90 Å². The SMILES string of the molecule is CC(O)c1nc2cc(NC(=O)c3cnc4c(c3)ncn4C(C)C)ccc2n1C. The van der Waals surface area contributed by atoms with Crippen molar-refractivity contribution in [1.29, 1.82) is 0 Å². The first kappa shape index (κ1) is 18.1. The number of hydrogen-bond acceptors (Lipinski definition) is 5. The fourth-order valence-corrected chi connectivity index (χ4v) is 3.29. The minimum atomic E-state index is -0.668. The molecule has 1 atom stereocenters. The van der Waals surface area contributed by atoms with Gasteiger partial charge in [-0.05, 0) is 45.0 Å². The Labute approximate surface area is 161 Å². The highest BCUT2D eigenvalue weighted by molar-refractivity contribution is 6.06. The number of anilines is 1. The number of aliphatic hydroxyl groups excluding tert-OH is 1. The highest BCUT2D eigenvalue weighted by Crippen LogP contribution is 2.23. The first-order valence-electron chi connectivity index (χ1n) is 9.13. The number of carbonyl (C=O) groups excluding carboxylic acids is 1. The van der Waals surface area contributed by atoms with Crippen LogP contribution in [-0.2, 0) is 7.05 Å². The van der Waals surface area contributed by atoms with Crippen LogP contribution in [0.25, 0.3) is 22.2 Å². The van der Waals surface area contributed by atoms with Crippen LogP contribution in [0, 0.1) is 0 Å². The van der Waals surface area contributed by atoms with Gasteiger partial charge in [0.15, 0.2) is 5.65 Å². The van der Waals surface area contributed by atoms with Crippen LogP contribution in [0.5, 0.6) is 0 Å². The molecule has 0 fully saturated rings. The minimum absolute atomic E-state index is 0.244. The Balaban J connectivity index is 1.62. The van der Waals surface area contributed by atoms with Crippen molar-refractivity contribution in [2.24, 2.45) is 7.05 Å². The second kappa shape index (κ2) is 6.72. The predicted molar refractivity (Wildman–Crippen MR) is 107 cm³/mol. The van der Waals surface area contributed by atoms with Gasteiger partial charge in [-0.15, -0.1) is 0 Å². The first-order chi connectivity index (χ1) is 13.3. The summed E-state index contributed by atoms with van der Waals surface area (Å²) in [7, 11) is 1.85. The number of hydrogen-bond donors (Lipinski definition) is 2. The lowest BCUT2D eigenvalue weighted by Gasteiger charge is -2.08. The van der Waals surface area contributed by atoms with Crippen LogP contribution in [0.3, 0.4) is 0 Å². The molecule has 1 aromatic carbocycles. The molecule has 3 heterocycles. The molecule has 0 saturated carbocycles. The van der Waals surface area contributed by atoms with E-state index >= 15 is 0 Å². The summed E-state index contributed by atoms with van der Waals surface area (Å²) in [5, 5.41) is 12.7. The van der Waals surface area contributed by atoms with E-state index in [1.165, 1.54) is 0 Å². The van der Waals surface area contributed by atoms with Crippen LogP contribution in [-0.4, -0.2) is 35.1 Å². The van der Waals surface area contributed by atoms with Crippen LogP contribution in [0.1, 0.15) is 49.1 Å². The molecule has 28 heavy (non-hydrogen) atoms. The van der Waals surface area contributed by atoms with Gasteiger partial charge in [0.25, 0.3) is 5.91 Å². The summed E-state index contributed by atoms with van der Waals surface area (Å²) in [5.41, 5.74) is 4.10. The molecule has 8 nitrogen and oxygen atoms in total. The van der Waals surface area contributed by atoms with Gasteiger partial charge in [-0.2, -0.15) is 0 Å². The normalized spacial score (nSPS) is 12.8. The number of amides is 1. The number of fused-ring (bicyclic) bond motifs is 2. The molecule has 0 bridgehead atoms. The van der Waals surface area contributed by atoms with E-state index in [1.807, 2.05) is 28.3 Å². The van der Waals surface area contributed by atoms with Gasteiger partial charge in [0, 0.05) is 25.0 Å². The summed E-state index contributed by atoms with van der Waals surface area (Å²) in [6, 6.07) is 7.46. The van der Waals surface area contributed by atoms with Crippen molar-refractivity contribution in [3.63, 3.8) is 0 Å². The van der Waals surface area contributed by atoms with E-state index in [2.05, 4.69) is 34.1 Å². The maximum atomic E-state index is 12.7. The zero-order valence-electron chi connectivity index (χ0n) is 16.2. The molecule has 8 heteroatoms. The Kier molecular flexibility index (Phi) is 4.35. The number of aryl methyl sites for hydroxylation is 1. The summed E-state index contributed by atoms with van der Waals surface area (Å²) >= 11 is 0. The molecule has 0 aliphatic rings. The molecule has 0 aliphatic heterocycles. The minimum Gasteiger partial charge on any atom is -0.385 e. The molecule has 4 rings (SSSR count). The number of benzene rings is 1. The predicted octanol–water partition coefficient (Wildman–Crippen LogP) is 3.20. The molecule has 2 N–H and O–H groups in total. The Bertz CT molecular complexity index is 1190. The summed E-state index contributed by atoms with van der Waals surface area (Å²) < 4.78 is 3.81. The van der Waals surface area contributed by atoms with Gasteiger partial charge in [0.1, 0.15) is 17.4 Å². The maximum Gasteiger partial charge on any atom is 0.257 e. The second-order valence-corrected chi connectivity index (χ2v) is 7.17. The van der Waals surface area contributed by atoms with Gasteiger partial charge < -0.3 is 19.6 Å². The molecule has 0 radical (unpaired) electrons. The van der Waals surface area contributed by atoms with Gasteiger partial charge in [-0.3, -0.25) is 4.79 Å². The molecule has 4 aromatic rings. The van der Waals surface area contributed by atoms with Gasteiger partial charge in [0.05, 0.1) is 22.9 Å². The maximum absolute atomic E-state index is 12.7. The standard InChI is InChI=1S/C20H22N6O2/c1-11(2)26-10-22-16-7-13(9-21-19(16)26)20(28)23-14-5-6-17-15(8-14)24-18(12(3)27)25(17)4/h5-12,27H,1-4H3,(H,23,28). The highest BCUT2D eigenvalue weighted by atomic mass is 16.3. The van der Waals surface area contributed by atoms with E-state index in [4.69, 9.17) is 0 Å². The molecular formula is C20H22N6O2. The molecular weight excluding hydrogens is 356 g/mol. The van der Waals surface area contributed by atoms with E-state index < -0.39 is 6.10 Å². The third kappa shape index (κ3) is 3.01. The Morgan fingerprint density at radius 1 is 1.14 bits per heavy atom. The molecule has 144 valence electrons. The number of rotatable bonds is 4. The van der Waals surface area contributed by atoms with Gasteiger partial charge >= 0.3 is 0 Å². The monoisotopic (exact) mass is 378 g/mol. The number of pyridine rings is 1. The van der Waals surface area contributed by atoms with Gasteiger partial charge in [-0.1, -0.05) is 0 Å². The molecule has 1 amide bonds. The Morgan fingerprint density at radius 2 is 1.93 bits per heavy atom. The molecule has 0 spiro atoms. The third-order valence-corrected chi connectivity index (χ3v) is 4.78. The van der Waals surface area contributed by atoms with Crippen LogP contribution in [0.15, 0.2) is 36.8 Å². The van der Waals surface area contributed by atoms with Crippen molar-refractivity contribution in [2.75, 3.05) is 5.32 Å². The quantitative estimate of drug-likeness (QED) is 0.568. The Morgan fingerprint density at radius 3 is 2.64 bits per heavy atom. The summed E-state index contributed by atoms with van der Waals surface area (Å²) in [6.07, 6.45) is 2.63. The van der Waals surface area contributed by atoms with E-state index in [0.717, 1.165) is 11.2 Å². The van der Waals surface area contributed by atoms with Crippen molar-refractivity contribution < 1.29 is 9.90 Å². The fraction of sp³-hybridized carbons (Fsp3) is 0.300. The molecule has 0 aliphatic carbocycles. The Hall–Kier alpha value is -3.26. The van der Waals surface area contributed by atoms with Crippen LogP contribution >= 0.6 is 0 Å². The summed E-state index contributed by atoms with van der Waals surface area (Å²) in [6.45, 7) is 5.79. The summed E-state index contributed by atoms with van der Waals surface area (Å²) in [4.78, 5) is 25.9. The first-order valence-corrected chi connectivity index (χ1v) is 9.13. The lowest BCUT2D eigenvalue weighted by atomic mass is 10.2. The zero-order chi connectivity index (χ0) is 20.0. The number of nitrogens with one attached hydrogen (secondary N) is 1. The molecule has 3 aromatic heterocycles. The number of imidazole rings is 2. The second-order valence-electron chi connectivity index (χ2n) is 7.17. The van der Waals surface area contributed by atoms with Crippen molar-refractivity contribution >= 4 is 33.8 Å². The lowest BCUT2D eigenvalue weighted by molar-refractivity contribution is 0.102. The molecule has 1 unspecified atom stereocenters. The fourth-order valence-electron chi connectivity index (χ4n) is 3.29. The number of carbonyl (C=O) groups is 1. The van der Waals surface area contributed by atoms with Gasteiger partial charge in [0.2, 0.25) is 0 Å². The number of aromatic nitrogens is 5. The van der Waals surface area contributed by atoms with Crippen LogP contribution in [0.4, 0.5) is 5.69 Å². The number of nitrogens with zero attached hydrogens (tertiary/aromatic N) is 5. The average Bonchev–Trinajstić information content (AvgIpc) is 3.22. The zero-order valence-corrected chi connectivity index (χ0v) is 16.2.